The minimum Gasteiger partial charge on any atom is -0.699 e. The molecule has 0 spiro atoms. The molecule has 1 aromatic carbocycles. The summed E-state index contributed by atoms with van der Waals surface area (Å²) in [6.45, 7) is 4.75. The number of nitrogens with zero attached hydrogens (tertiary/aromatic N) is 1. The molecule has 0 aliphatic carbocycles. The van der Waals surface area contributed by atoms with Crippen LogP contribution in [0.25, 0.3) is 5.73 Å². The van der Waals surface area contributed by atoms with Crippen molar-refractivity contribution in [1.29, 1.82) is 5.26 Å². The van der Waals surface area contributed by atoms with Gasteiger partial charge in [0.05, 0.1) is 14.2 Å². The Balaban J connectivity index is -0.000000339. The largest absolute Gasteiger partial charge is 1.00 e. The maximum absolute atomic E-state index is 7.32. The molecule has 0 unspecified atom stereocenters. The van der Waals surface area contributed by atoms with E-state index in [9.17, 15) is 0 Å². The first kappa shape index (κ1) is 19.7. The van der Waals surface area contributed by atoms with Gasteiger partial charge < -0.3 is 27.0 Å². The van der Waals surface area contributed by atoms with Gasteiger partial charge in [0.15, 0.2) is 0 Å². The molecule has 0 aromatic heterocycles. The fourth-order valence-corrected chi connectivity index (χ4v) is 0.807. The molecule has 1 rings (SSSR count). The van der Waals surface area contributed by atoms with Gasteiger partial charge in [-0.1, -0.05) is 0 Å². The van der Waals surface area contributed by atoms with Gasteiger partial charge in [0, 0.05) is 6.07 Å². The monoisotopic (exact) mass is 248 g/mol. The molecule has 80 valence electrons. The number of hydrogen-bond donors (Lipinski definition) is 0. The van der Waals surface area contributed by atoms with Gasteiger partial charge in [-0.25, -0.2) is 0 Å². The van der Waals surface area contributed by atoms with Crippen LogP contribution in [0, 0.1) is 11.8 Å². The molecule has 0 fully saturated rings. The fourth-order valence-electron chi connectivity index (χ4n) is 0.807. The number of benzene rings is 1. The van der Waals surface area contributed by atoms with Crippen LogP contribution in [-0.2, 0) is 17.1 Å². The molecule has 0 aliphatic heterocycles. The molecule has 0 amide bonds. The van der Waals surface area contributed by atoms with Gasteiger partial charge in [-0.15, -0.1) is 5.69 Å². The van der Waals surface area contributed by atoms with E-state index in [1.807, 2.05) is 0 Å². The van der Waals surface area contributed by atoms with Gasteiger partial charge >= 0.3 is 35.9 Å². The third-order valence-electron chi connectivity index (χ3n) is 1.35. The van der Waals surface area contributed by atoms with E-state index < -0.39 is 0 Å². The van der Waals surface area contributed by atoms with Crippen LogP contribution in [0.1, 0.15) is 0 Å². The Kier molecular flexibility index (Phi) is 14.9. The predicted molar refractivity (Wildman–Crippen MR) is 48.5 cm³/mol. The van der Waals surface area contributed by atoms with Gasteiger partial charge in [-0.2, -0.15) is 0 Å². The SMILES string of the molecule is COc1cc([NH-])cc(OC)c1.[C-]#N.[Cu+].[Li+]. The first-order valence-corrected chi connectivity index (χ1v) is 3.43. The summed E-state index contributed by atoms with van der Waals surface area (Å²) in [5.41, 5.74) is 7.71. The second-order valence-electron chi connectivity index (χ2n) is 2.10. The van der Waals surface area contributed by atoms with E-state index in [0.717, 1.165) is 0 Å². The maximum Gasteiger partial charge on any atom is 1.00 e. The van der Waals surface area contributed by atoms with Crippen molar-refractivity contribution in [2.24, 2.45) is 0 Å². The zero-order valence-corrected chi connectivity index (χ0v) is 9.74. The molecule has 0 saturated carbocycles. The van der Waals surface area contributed by atoms with Gasteiger partial charge in [-0.05, 0) is 12.1 Å². The number of methoxy groups -OCH3 is 2. The van der Waals surface area contributed by atoms with Gasteiger partial charge in [-0.3, -0.25) is 0 Å². The van der Waals surface area contributed by atoms with Crippen LogP contribution in [0.2, 0.25) is 0 Å². The van der Waals surface area contributed by atoms with Crippen LogP contribution >= 0.6 is 0 Å². The summed E-state index contributed by atoms with van der Waals surface area (Å²) >= 11 is 0. The summed E-state index contributed by atoms with van der Waals surface area (Å²) in [5, 5.41) is 6.25. The predicted octanol–water partition coefficient (Wildman–Crippen LogP) is -0.515. The molecular formula is C9H10CuLiN2O2. The molecule has 0 atom stereocenters. The van der Waals surface area contributed by atoms with Gasteiger partial charge in [0.1, 0.15) is 11.5 Å². The molecule has 15 heavy (non-hydrogen) atoms. The molecule has 1 N–H and O–H groups in total. The van der Waals surface area contributed by atoms with E-state index in [-0.39, 0.29) is 35.9 Å². The molecular weight excluding hydrogens is 239 g/mol. The van der Waals surface area contributed by atoms with Crippen LogP contribution in [0.4, 0.5) is 5.69 Å². The van der Waals surface area contributed by atoms with Crippen LogP contribution in [-0.4, -0.2) is 14.2 Å². The summed E-state index contributed by atoms with van der Waals surface area (Å²) < 4.78 is 9.88. The first-order valence-electron chi connectivity index (χ1n) is 3.43. The number of rotatable bonds is 2. The summed E-state index contributed by atoms with van der Waals surface area (Å²) in [5.74, 6) is 1.30. The Bertz CT molecular complexity index is 272. The quantitative estimate of drug-likeness (QED) is 0.523. The van der Waals surface area contributed by atoms with E-state index in [1.165, 1.54) is 0 Å². The van der Waals surface area contributed by atoms with E-state index in [0.29, 0.717) is 17.2 Å². The number of hydrogen-bond acceptors (Lipinski definition) is 3. The van der Waals surface area contributed by atoms with Crippen LogP contribution in [0.3, 0.4) is 0 Å². The van der Waals surface area contributed by atoms with Crippen molar-refractivity contribution in [3.63, 3.8) is 0 Å². The van der Waals surface area contributed by atoms with Crippen molar-refractivity contribution in [3.05, 3.63) is 30.5 Å². The second-order valence-corrected chi connectivity index (χ2v) is 2.10. The Hall–Kier alpha value is -0.773. The van der Waals surface area contributed by atoms with Gasteiger partial charge in [0.2, 0.25) is 0 Å². The van der Waals surface area contributed by atoms with Crippen molar-refractivity contribution in [2.75, 3.05) is 14.2 Å². The Labute approximate surface area is 112 Å². The molecule has 0 radical (unpaired) electrons. The third-order valence-corrected chi connectivity index (χ3v) is 1.35. The van der Waals surface area contributed by atoms with Crippen LogP contribution in [0.5, 0.6) is 11.5 Å². The average molecular weight is 249 g/mol. The number of nitrogens with one attached hydrogen (secondary N) is 1. The molecule has 6 heteroatoms. The molecule has 0 saturated heterocycles. The standard InChI is InChI=1S/C8H10NO2.CN.Cu.Li/c1-10-7-3-6(9)4-8(5-7)11-2;1-2;;/h3-5,9H,1-2H3;;;/q2*-1;2*+1. The molecule has 1 aromatic rings. The maximum atomic E-state index is 7.32. The average Bonchev–Trinajstić information content (AvgIpc) is 2.20. The minimum absolute atomic E-state index is 0. The fraction of sp³-hybridized carbons (Fsp3) is 0.222. The van der Waals surface area contributed by atoms with E-state index in [4.69, 9.17) is 27.0 Å². The first-order chi connectivity index (χ1) is 6.26. The van der Waals surface area contributed by atoms with Gasteiger partial charge in [0.25, 0.3) is 0 Å². The van der Waals surface area contributed by atoms with Crippen LogP contribution < -0.4 is 28.3 Å². The van der Waals surface area contributed by atoms with Crippen molar-refractivity contribution >= 4 is 5.69 Å². The smallest absolute Gasteiger partial charge is 0.699 e. The molecule has 4 nitrogen and oxygen atoms in total. The molecule has 0 aliphatic rings. The van der Waals surface area contributed by atoms with Crippen molar-refractivity contribution in [3.8, 4) is 11.5 Å². The van der Waals surface area contributed by atoms with Crippen molar-refractivity contribution in [2.45, 2.75) is 0 Å². The van der Waals surface area contributed by atoms with E-state index in [2.05, 4.69) is 0 Å². The zero-order valence-electron chi connectivity index (χ0n) is 8.80. The third kappa shape index (κ3) is 7.19. The van der Waals surface area contributed by atoms with E-state index in [1.54, 1.807) is 32.4 Å². The summed E-state index contributed by atoms with van der Waals surface area (Å²) in [7, 11) is 3.13. The van der Waals surface area contributed by atoms with Crippen LogP contribution in [0.15, 0.2) is 18.2 Å². The molecule has 0 heterocycles. The second kappa shape index (κ2) is 11.3. The summed E-state index contributed by atoms with van der Waals surface area (Å²) in [6, 6.07) is 4.99. The summed E-state index contributed by atoms with van der Waals surface area (Å²) in [4.78, 5) is 0. The molecule has 0 bridgehead atoms. The summed E-state index contributed by atoms with van der Waals surface area (Å²) in [6.07, 6.45) is 0. The number of ether oxygens (including phenoxy) is 2. The Morgan fingerprint density at radius 2 is 1.40 bits per heavy atom. The minimum atomic E-state index is 0. The zero-order chi connectivity index (χ0) is 10.3. The van der Waals surface area contributed by atoms with Crippen molar-refractivity contribution < 1.29 is 45.4 Å². The van der Waals surface area contributed by atoms with Crippen molar-refractivity contribution in [1.82, 2.24) is 0 Å². The normalized spacial score (nSPS) is 6.93. The van der Waals surface area contributed by atoms with E-state index >= 15 is 0 Å². The Morgan fingerprint density at radius 3 is 1.67 bits per heavy atom. The Morgan fingerprint density at radius 1 is 1.07 bits per heavy atom. The topological polar surface area (TPSA) is 66.1 Å².